The third-order valence-electron chi connectivity index (χ3n) is 0.885. The molecule has 0 aliphatic heterocycles. The summed E-state index contributed by atoms with van der Waals surface area (Å²) in [5.74, 6) is 0. The fraction of sp³-hybridized carbons (Fsp3) is 0.600. The lowest BCUT2D eigenvalue weighted by molar-refractivity contribution is 1.46. The van der Waals surface area contributed by atoms with Crippen molar-refractivity contribution in [3.8, 4) is 0 Å². The molecule has 0 aromatic rings. The fourth-order valence-electron chi connectivity index (χ4n) is 0.359. The van der Waals surface area contributed by atoms with E-state index in [4.69, 9.17) is 0 Å². The van der Waals surface area contributed by atoms with E-state index < -0.39 is 0 Å². The van der Waals surface area contributed by atoms with Crippen LogP contribution in [0, 0.1) is 0 Å². The van der Waals surface area contributed by atoms with Crippen LogP contribution in [-0.4, -0.2) is 7.05 Å². The van der Waals surface area contributed by atoms with Gasteiger partial charge in [0.15, 0.2) is 0 Å². The lowest BCUT2D eigenvalue weighted by Gasteiger charge is -1.81. The van der Waals surface area contributed by atoms with Gasteiger partial charge >= 0.3 is 0 Å². The molecular formula is C10H23N. The van der Waals surface area contributed by atoms with Gasteiger partial charge in [-0.2, -0.15) is 0 Å². The molecule has 0 rings (SSSR count). The van der Waals surface area contributed by atoms with E-state index in [0.717, 1.165) is 0 Å². The fourth-order valence-corrected chi connectivity index (χ4v) is 0.359. The van der Waals surface area contributed by atoms with Gasteiger partial charge in [0, 0.05) is 0 Å². The standard InChI is InChI=1S/C7H12.C2H6.CH5N/c1-4-6-7(3)5-2;2*1-2/h4-6H,1-3H3;1-2H3;2H2,1H3/b6-4-,7-5-;;. The van der Waals surface area contributed by atoms with Gasteiger partial charge in [-0.1, -0.05) is 37.6 Å². The van der Waals surface area contributed by atoms with Gasteiger partial charge in [-0.25, -0.2) is 0 Å². The smallest absolute Gasteiger partial charge is 0.0195 e. The summed E-state index contributed by atoms with van der Waals surface area (Å²) < 4.78 is 0. The molecule has 2 N–H and O–H groups in total. The Morgan fingerprint density at radius 2 is 1.45 bits per heavy atom. The van der Waals surface area contributed by atoms with E-state index in [9.17, 15) is 0 Å². The van der Waals surface area contributed by atoms with Crippen LogP contribution >= 0.6 is 0 Å². The van der Waals surface area contributed by atoms with Gasteiger partial charge in [0.1, 0.15) is 0 Å². The molecular weight excluding hydrogens is 134 g/mol. The zero-order valence-electron chi connectivity index (χ0n) is 8.81. The van der Waals surface area contributed by atoms with Crippen molar-refractivity contribution < 1.29 is 0 Å². The molecule has 0 fully saturated rings. The minimum atomic E-state index is 1.32. The van der Waals surface area contributed by atoms with Gasteiger partial charge in [0.2, 0.25) is 0 Å². The number of allylic oxidation sites excluding steroid dienone is 4. The number of hydrogen-bond donors (Lipinski definition) is 1. The van der Waals surface area contributed by atoms with E-state index >= 15 is 0 Å². The van der Waals surface area contributed by atoms with E-state index in [1.165, 1.54) is 12.6 Å². The van der Waals surface area contributed by atoms with Crippen LogP contribution in [0.4, 0.5) is 0 Å². The van der Waals surface area contributed by atoms with Gasteiger partial charge in [-0.05, 0) is 27.8 Å². The first-order valence-electron chi connectivity index (χ1n) is 4.14. The summed E-state index contributed by atoms with van der Waals surface area (Å²) in [4.78, 5) is 0. The van der Waals surface area contributed by atoms with Gasteiger partial charge in [0.25, 0.3) is 0 Å². The Hall–Kier alpha value is -0.560. The third kappa shape index (κ3) is 26.5. The summed E-state index contributed by atoms with van der Waals surface area (Å²) in [6.45, 7) is 10.1. The Morgan fingerprint density at radius 1 is 1.09 bits per heavy atom. The van der Waals surface area contributed by atoms with Gasteiger partial charge in [-0.15, -0.1) is 0 Å². The van der Waals surface area contributed by atoms with Crippen LogP contribution in [0.2, 0.25) is 0 Å². The van der Waals surface area contributed by atoms with Crippen molar-refractivity contribution in [2.45, 2.75) is 34.6 Å². The highest BCUT2D eigenvalue weighted by Gasteiger charge is 1.69. The second-order valence-electron chi connectivity index (χ2n) is 1.53. The summed E-state index contributed by atoms with van der Waals surface area (Å²) in [7, 11) is 1.50. The van der Waals surface area contributed by atoms with Crippen molar-refractivity contribution in [3.63, 3.8) is 0 Å². The van der Waals surface area contributed by atoms with E-state index in [1.54, 1.807) is 0 Å². The summed E-state index contributed by atoms with van der Waals surface area (Å²) in [5, 5.41) is 0. The minimum absolute atomic E-state index is 1.32. The van der Waals surface area contributed by atoms with Gasteiger partial charge in [0.05, 0.1) is 0 Å². The van der Waals surface area contributed by atoms with E-state index in [0.29, 0.717) is 0 Å². The predicted molar refractivity (Wildman–Crippen MR) is 55.7 cm³/mol. The SMILES string of the molecule is C/C=C\C(C)=C/C.CC.CN. The predicted octanol–water partition coefficient (Wildman–Crippen LogP) is 3.13. The normalized spacial score (nSPS) is 9.55. The topological polar surface area (TPSA) is 26.0 Å². The molecule has 0 radical (unpaired) electrons. The summed E-state index contributed by atoms with van der Waals surface area (Å²) >= 11 is 0. The van der Waals surface area contributed by atoms with E-state index in [1.807, 2.05) is 33.8 Å². The number of nitrogens with two attached hydrogens (primary N) is 1. The molecule has 0 saturated heterocycles. The van der Waals surface area contributed by atoms with Crippen LogP contribution in [0.5, 0.6) is 0 Å². The number of hydrogen-bond acceptors (Lipinski definition) is 1. The summed E-state index contributed by atoms with van der Waals surface area (Å²) in [5.41, 5.74) is 5.82. The zero-order chi connectivity index (χ0) is 9.70. The second-order valence-corrected chi connectivity index (χ2v) is 1.53. The minimum Gasteiger partial charge on any atom is -0.333 e. The molecule has 0 aliphatic carbocycles. The molecule has 0 aliphatic rings. The molecule has 0 aromatic carbocycles. The average molecular weight is 157 g/mol. The number of rotatable bonds is 1. The van der Waals surface area contributed by atoms with E-state index in [2.05, 4.69) is 24.8 Å². The highest BCUT2D eigenvalue weighted by Crippen LogP contribution is 1.91. The maximum atomic E-state index is 4.50. The molecule has 0 amide bonds. The molecule has 0 spiro atoms. The van der Waals surface area contributed by atoms with Crippen molar-refractivity contribution in [2.75, 3.05) is 7.05 Å². The van der Waals surface area contributed by atoms with Crippen molar-refractivity contribution in [1.29, 1.82) is 0 Å². The molecule has 1 nitrogen and oxygen atoms in total. The Kier molecular flexibility index (Phi) is 34.7. The van der Waals surface area contributed by atoms with Crippen molar-refractivity contribution in [1.82, 2.24) is 0 Å². The Balaban J connectivity index is -0.000000138. The van der Waals surface area contributed by atoms with Crippen molar-refractivity contribution in [2.24, 2.45) is 5.73 Å². The van der Waals surface area contributed by atoms with Crippen LogP contribution in [0.3, 0.4) is 0 Å². The van der Waals surface area contributed by atoms with Crippen molar-refractivity contribution in [3.05, 3.63) is 23.8 Å². The van der Waals surface area contributed by atoms with Crippen LogP contribution in [-0.2, 0) is 0 Å². The quantitative estimate of drug-likeness (QED) is 0.581. The van der Waals surface area contributed by atoms with E-state index in [-0.39, 0.29) is 0 Å². The molecule has 0 saturated carbocycles. The molecule has 0 unspecified atom stereocenters. The van der Waals surface area contributed by atoms with Crippen molar-refractivity contribution >= 4 is 0 Å². The average Bonchev–Trinajstić information content (AvgIpc) is 2.12. The first kappa shape index (κ1) is 16.8. The molecule has 0 aromatic heterocycles. The molecule has 11 heavy (non-hydrogen) atoms. The molecule has 1 heteroatoms. The molecule has 0 atom stereocenters. The monoisotopic (exact) mass is 157 g/mol. The highest BCUT2D eigenvalue weighted by atomic mass is 14.4. The molecule has 0 bridgehead atoms. The first-order valence-corrected chi connectivity index (χ1v) is 4.14. The van der Waals surface area contributed by atoms with Crippen LogP contribution in [0.15, 0.2) is 23.8 Å². The highest BCUT2D eigenvalue weighted by molar-refractivity contribution is 5.13. The second kappa shape index (κ2) is 22.7. The van der Waals surface area contributed by atoms with Crippen LogP contribution < -0.4 is 5.73 Å². The third-order valence-corrected chi connectivity index (χ3v) is 0.885. The van der Waals surface area contributed by atoms with Crippen LogP contribution in [0.25, 0.3) is 0 Å². The molecule has 68 valence electrons. The Labute approximate surface area is 72.0 Å². The van der Waals surface area contributed by atoms with Crippen LogP contribution in [0.1, 0.15) is 34.6 Å². The maximum absolute atomic E-state index is 4.50. The Bertz CT molecular complexity index is 91.0. The summed E-state index contributed by atoms with van der Waals surface area (Å²) in [6, 6.07) is 0. The maximum Gasteiger partial charge on any atom is -0.0195 e. The zero-order valence-corrected chi connectivity index (χ0v) is 8.81. The summed E-state index contributed by atoms with van der Waals surface area (Å²) in [6.07, 6.45) is 6.20. The lowest BCUT2D eigenvalue weighted by atomic mass is 10.3. The Morgan fingerprint density at radius 3 is 1.55 bits per heavy atom. The van der Waals surface area contributed by atoms with Gasteiger partial charge in [-0.3, -0.25) is 0 Å². The van der Waals surface area contributed by atoms with Gasteiger partial charge < -0.3 is 5.73 Å². The largest absolute Gasteiger partial charge is 0.333 e. The first-order chi connectivity index (χ1) is 5.31. The lowest BCUT2D eigenvalue weighted by Crippen LogP contribution is -1.69. The molecule has 0 heterocycles.